The Morgan fingerprint density at radius 3 is 0.553 bits per heavy atom. The summed E-state index contributed by atoms with van der Waals surface area (Å²) in [7, 11) is 0. The molecule has 0 N–H and O–H groups in total. The van der Waals surface area contributed by atoms with E-state index in [-0.39, 0.29) is 58.4 Å². The van der Waals surface area contributed by atoms with Gasteiger partial charge in [-0.3, -0.25) is 0 Å². The molecule has 0 radical (unpaired) electrons. The standard InChI is InChI=1S/3C13H11.H3O2PS2.3Zn/c3*1-3-7-12(8-4-1)11-13-9-5-2-6-10-13;1-3(2,4)5;;;/h3*1-11H;(H3,1,2,4,5);;;/q3*-1;;3*+2/p-3. The van der Waals surface area contributed by atoms with E-state index in [2.05, 4.69) is 189 Å². The summed E-state index contributed by atoms with van der Waals surface area (Å²) >= 11 is 7.28. The van der Waals surface area contributed by atoms with Crippen molar-refractivity contribution in [3.63, 3.8) is 0 Å². The number of benzene rings is 6. The van der Waals surface area contributed by atoms with E-state index >= 15 is 0 Å². The van der Waals surface area contributed by atoms with Crippen LogP contribution in [0.4, 0.5) is 0 Å². The Hall–Kier alpha value is -2.28. The Kier molecular flexibility index (Phi) is 25.4. The molecule has 0 saturated heterocycles. The fourth-order valence-electron chi connectivity index (χ4n) is 3.87. The van der Waals surface area contributed by atoms with Crippen LogP contribution in [0.25, 0.3) is 0 Å². The van der Waals surface area contributed by atoms with Crippen molar-refractivity contribution in [2.45, 2.75) is 0 Å². The second-order valence-electron chi connectivity index (χ2n) is 9.34. The molecule has 6 rings (SSSR count). The van der Waals surface area contributed by atoms with Crippen LogP contribution in [0, 0.1) is 19.3 Å². The predicted octanol–water partition coefficient (Wildman–Crippen LogP) is 8.33. The van der Waals surface area contributed by atoms with E-state index in [1.807, 2.05) is 36.4 Å². The van der Waals surface area contributed by atoms with Gasteiger partial charge in [-0.05, 0) is 0 Å². The van der Waals surface area contributed by atoms with Gasteiger partial charge in [-0.15, -0.1) is 125 Å². The zero-order valence-corrected chi connectivity index (χ0v) is 37.7. The fraction of sp³-hybridized carbons (Fsp3) is 0. The summed E-state index contributed by atoms with van der Waals surface area (Å²) in [5, 5.41) is 0. The van der Waals surface area contributed by atoms with E-state index in [1.54, 1.807) is 0 Å². The van der Waals surface area contributed by atoms with E-state index in [9.17, 15) is 9.79 Å². The zero-order valence-electron chi connectivity index (χ0n) is 26.3. The number of rotatable bonds is 6. The van der Waals surface area contributed by atoms with E-state index < -0.39 is 5.69 Å². The summed E-state index contributed by atoms with van der Waals surface area (Å²) in [5.74, 6) is 0. The summed E-state index contributed by atoms with van der Waals surface area (Å²) in [4.78, 5) is 18.6. The van der Waals surface area contributed by atoms with Gasteiger partial charge in [0.15, 0.2) is 0 Å². The molecule has 0 saturated carbocycles. The largest absolute Gasteiger partial charge is 2.00 e. The zero-order chi connectivity index (χ0) is 31.3. The first-order valence-corrected chi connectivity index (χ1v) is 17.6. The fourth-order valence-corrected chi connectivity index (χ4v) is 3.87. The van der Waals surface area contributed by atoms with Crippen molar-refractivity contribution in [2.24, 2.45) is 0 Å². The molecule has 2 nitrogen and oxygen atoms in total. The van der Waals surface area contributed by atoms with Crippen molar-refractivity contribution in [3.05, 3.63) is 235 Å². The quantitative estimate of drug-likeness (QED) is 0.0734. The van der Waals surface area contributed by atoms with Crippen molar-refractivity contribution in [2.75, 3.05) is 0 Å². The summed E-state index contributed by atoms with van der Waals surface area (Å²) in [6.07, 6.45) is 6.50. The SMILES string of the molecule is [O-]P([O-])(=S)[S-].[Zn+2].[Zn+2].[Zn+2].c1ccc([CH-]c2ccccc2)cc1.c1ccc([CH-]c2ccccc2)cc1.c1ccc([CH-]c2ccccc2)cc1. The summed E-state index contributed by atoms with van der Waals surface area (Å²) in [6.45, 7) is 0. The van der Waals surface area contributed by atoms with Crippen LogP contribution in [0.2, 0.25) is 0 Å². The molecule has 224 valence electrons. The molecule has 0 unspecified atom stereocenters. The minimum absolute atomic E-state index is 0. The van der Waals surface area contributed by atoms with Crippen molar-refractivity contribution >= 4 is 29.7 Å². The summed E-state index contributed by atoms with van der Waals surface area (Å²) in [5.41, 5.74) is 3.74. The van der Waals surface area contributed by atoms with Crippen LogP contribution in [0.3, 0.4) is 0 Å². The van der Waals surface area contributed by atoms with Crippen LogP contribution >= 0.6 is 5.69 Å². The average molecular weight is 825 g/mol. The molecular formula is C39H33O2PS2Zn3. The minimum atomic E-state index is -3.72. The van der Waals surface area contributed by atoms with Gasteiger partial charge in [0.1, 0.15) is 0 Å². The Balaban J connectivity index is 0.000000612. The molecule has 0 aromatic heterocycles. The van der Waals surface area contributed by atoms with Gasteiger partial charge in [0, 0.05) is 0 Å². The molecule has 0 aliphatic carbocycles. The molecule has 0 fully saturated rings. The van der Waals surface area contributed by atoms with Gasteiger partial charge in [0.05, 0.1) is 0 Å². The van der Waals surface area contributed by atoms with Crippen LogP contribution in [-0.4, -0.2) is 0 Å². The second-order valence-corrected chi connectivity index (χ2v) is 13.8. The van der Waals surface area contributed by atoms with E-state index in [0.717, 1.165) is 0 Å². The van der Waals surface area contributed by atoms with E-state index in [1.165, 1.54) is 33.4 Å². The Morgan fingerprint density at radius 2 is 0.447 bits per heavy atom. The third-order valence-corrected chi connectivity index (χ3v) is 5.80. The van der Waals surface area contributed by atoms with Gasteiger partial charge in [-0.2, -0.15) is 11.8 Å². The van der Waals surface area contributed by atoms with Crippen LogP contribution in [0.1, 0.15) is 33.4 Å². The van der Waals surface area contributed by atoms with Gasteiger partial charge in [0.25, 0.3) is 0 Å². The first-order valence-electron chi connectivity index (χ1n) is 13.9. The first kappa shape index (κ1) is 44.7. The summed E-state index contributed by atoms with van der Waals surface area (Å²) < 4.78 is 0. The van der Waals surface area contributed by atoms with Crippen molar-refractivity contribution in [3.8, 4) is 0 Å². The molecule has 8 heteroatoms. The molecular weight excluding hydrogens is 792 g/mol. The van der Waals surface area contributed by atoms with E-state index in [4.69, 9.17) is 0 Å². The molecule has 47 heavy (non-hydrogen) atoms. The van der Waals surface area contributed by atoms with Crippen molar-refractivity contribution in [1.29, 1.82) is 0 Å². The third-order valence-electron chi connectivity index (χ3n) is 5.80. The maximum atomic E-state index is 9.29. The molecule has 0 atom stereocenters. The molecule has 0 aliphatic rings. The maximum absolute atomic E-state index is 9.29. The van der Waals surface area contributed by atoms with Crippen LogP contribution in [-0.2, 0) is 82.5 Å². The van der Waals surface area contributed by atoms with Crippen molar-refractivity contribution < 1.29 is 68.2 Å². The van der Waals surface area contributed by atoms with E-state index in [0.29, 0.717) is 0 Å². The molecule has 0 aliphatic heterocycles. The Labute approximate surface area is 329 Å². The van der Waals surface area contributed by atoms with Crippen LogP contribution in [0.15, 0.2) is 182 Å². The van der Waals surface area contributed by atoms with Gasteiger partial charge in [-0.25, -0.2) is 0 Å². The maximum Gasteiger partial charge on any atom is 2.00 e. The van der Waals surface area contributed by atoms with Crippen molar-refractivity contribution in [1.82, 2.24) is 0 Å². The molecule has 0 heterocycles. The van der Waals surface area contributed by atoms with Crippen LogP contribution in [0.5, 0.6) is 0 Å². The molecule has 0 amide bonds. The second kappa shape index (κ2) is 26.6. The predicted molar refractivity (Wildman–Crippen MR) is 188 cm³/mol. The Morgan fingerprint density at radius 1 is 0.340 bits per heavy atom. The van der Waals surface area contributed by atoms with Gasteiger partial charge in [0.2, 0.25) is 0 Å². The third kappa shape index (κ3) is 22.8. The molecule has 0 spiro atoms. The average Bonchev–Trinajstić information content (AvgIpc) is 3.04. The Bertz CT molecular complexity index is 1310. The monoisotopic (exact) mass is 820 g/mol. The van der Waals surface area contributed by atoms with Gasteiger partial charge in [-0.1, -0.05) is 109 Å². The van der Waals surface area contributed by atoms with Gasteiger partial charge >= 0.3 is 58.4 Å². The first-order chi connectivity index (χ1) is 21.3. The molecule has 0 bridgehead atoms. The molecule has 6 aromatic carbocycles. The normalized spacial score (nSPS) is 9.17. The number of hydrogen-bond donors (Lipinski definition) is 0. The van der Waals surface area contributed by atoms with Crippen LogP contribution < -0.4 is 9.79 Å². The minimum Gasteiger partial charge on any atom is -0.850 e. The number of hydrogen-bond acceptors (Lipinski definition) is 4. The summed E-state index contributed by atoms with van der Waals surface area (Å²) in [6, 6.07) is 62.0. The smallest absolute Gasteiger partial charge is 0.850 e. The topological polar surface area (TPSA) is 46.1 Å². The molecule has 6 aromatic rings. The van der Waals surface area contributed by atoms with Gasteiger partial charge < -0.3 is 27.7 Å².